The van der Waals surface area contributed by atoms with Crippen LogP contribution in [0.25, 0.3) is 0 Å². The van der Waals surface area contributed by atoms with Crippen molar-refractivity contribution in [3.8, 4) is 0 Å². The molecule has 1 aromatic heterocycles. The SMILES string of the molecule is O=C(Nc1ccc(Cl)cn1)C1CCCN(C(=O)c2ccccc2C(F)(F)F)C1. The summed E-state index contributed by atoms with van der Waals surface area (Å²) in [6, 6.07) is 7.80. The van der Waals surface area contributed by atoms with Gasteiger partial charge in [0.15, 0.2) is 0 Å². The first-order chi connectivity index (χ1) is 13.3. The molecule has 1 fully saturated rings. The van der Waals surface area contributed by atoms with E-state index in [4.69, 9.17) is 11.6 Å². The topological polar surface area (TPSA) is 62.3 Å². The molecular formula is C19H17ClF3N3O2. The standard InChI is InChI=1S/C19H17ClF3N3O2/c20-13-7-8-16(24-10-13)25-17(27)12-4-3-9-26(11-12)18(28)14-5-1-2-6-15(14)19(21,22)23/h1-2,5-8,10,12H,3-4,9,11H2,(H,24,25,27). The second-order valence-electron chi connectivity index (χ2n) is 6.48. The third-order valence-electron chi connectivity index (χ3n) is 4.52. The molecule has 28 heavy (non-hydrogen) atoms. The van der Waals surface area contributed by atoms with Crippen LogP contribution in [0.3, 0.4) is 0 Å². The molecule has 0 spiro atoms. The number of amides is 2. The van der Waals surface area contributed by atoms with Gasteiger partial charge in [-0.1, -0.05) is 23.7 Å². The van der Waals surface area contributed by atoms with Gasteiger partial charge in [-0.3, -0.25) is 9.59 Å². The Labute approximate surface area is 164 Å². The molecule has 1 saturated heterocycles. The molecule has 1 unspecified atom stereocenters. The monoisotopic (exact) mass is 411 g/mol. The molecule has 1 N–H and O–H groups in total. The van der Waals surface area contributed by atoms with Gasteiger partial charge in [-0.05, 0) is 37.1 Å². The lowest BCUT2D eigenvalue weighted by molar-refractivity contribution is -0.138. The Balaban J connectivity index is 1.72. The molecule has 2 aromatic rings. The third kappa shape index (κ3) is 4.62. The van der Waals surface area contributed by atoms with Crippen molar-refractivity contribution < 1.29 is 22.8 Å². The first-order valence-corrected chi connectivity index (χ1v) is 9.01. The van der Waals surface area contributed by atoms with Crippen LogP contribution in [0.2, 0.25) is 5.02 Å². The Morgan fingerprint density at radius 2 is 1.93 bits per heavy atom. The number of nitrogens with zero attached hydrogens (tertiary/aromatic N) is 2. The molecule has 0 bridgehead atoms. The van der Waals surface area contributed by atoms with Crippen LogP contribution in [-0.2, 0) is 11.0 Å². The average Bonchev–Trinajstić information content (AvgIpc) is 2.68. The van der Waals surface area contributed by atoms with E-state index in [9.17, 15) is 22.8 Å². The zero-order valence-corrected chi connectivity index (χ0v) is 15.4. The molecule has 0 aliphatic carbocycles. The van der Waals surface area contributed by atoms with E-state index >= 15 is 0 Å². The number of benzene rings is 1. The van der Waals surface area contributed by atoms with Crippen molar-refractivity contribution in [1.82, 2.24) is 9.88 Å². The van der Waals surface area contributed by atoms with E-state index in [0.29, 0.717) is 30.2 Å². The van der Waals surface area contributed by atoms with Crippen molar-refractivity contribution in [2.45, 2.75) is 19.0 Å². The van der Waals surface area contributed by atoms with E-state index < -0.39 is 29.1 Å². The van der Waals surface area contributed by atoms with Gasteiger partial charge in [0, 0.05) is 19.3 Å². The summed E-state index contributed by atoms with van der Waals surface area (Å²) in [4.78, 5) is 30.5. The number of piperidine rings is 1. The van der Waals surface area contributed by atoms with Crippen molar-refractivity contribution in [2.75, 3.05) is 18.4 Å². The van der Waals surface area contributed by atoms with Gasteiger partial charge in [0.05, 0.1) is 22.1 Å². The Morgan fingerprint density at radius 3 is 2.61 bits per heavy atom. The van der Waals surface area contributed by atoms with Crippen LogP contribution in [0, 0.1) is 5.92 Å². The second kappa shape index (κ2) is 8.18. The predicted octanol–water partition coefficient (Wildman–Crippen LogP) is 4.24. The summed E-state index contributed by atoms with van der Waals surface area (Å²) in [6.45, 7) is 0.346. The smallest absolute Gasteiger partial charge is 0.338 e. The van der Waals surface area contributed by atoms with Gasteiger partial charge < -0.3 is 10.2 Å². The Hall–Kier alpha value is -2.61. The minimum absolute atomic E-state index is 0.0461. The highest BCUT2D eigenvalue weighted by molar-refractivity contribution is 6.30. The lowest BCUT2D eigenvalue weighted by atomic mass is 9.95. The molecule has 1 aliphatic rings. The maximum atomic E-state index is 13.2. The van der Waals surface area contributed by atoms with Crippen LogP contribution in [0.4, 0.5) is 19.0 Å². The van der Waals surface area contributed by atoms with E-state index in [1.807, 2.05) is 0 Å². The zero-order chi connectivity index (χ0) is 20.3. The van der Waals surface area contributed by atoms with E-state index in [2.05, 4.69) is 10.3 Å². The fourth-order valence-electron chi connectivity index (χ4n) is 3.14. The number of alkyl halides is 3. The number of rotatable bonds is 3. The van der Waals surface area contributed by atoms with Crippen LogP contribution in [0.5, 0.6) is 0 Å². The molecule has 9 heteroatoms. The number of likely N-dealkylation sites (tertiary alicyclic amines) is 1. The first kappa shape index (κ1) is 20.1. The lowest BCUT2D eigenvalue weighted by Crippen LogP contribution is -2.44. The molecule has 148 valence electrons. The summed E-state index contributed by atoms with van der Waals surface area (Å²) in [5, 5.41) is 3.07. The Bertz CT molecular complexity index is 871. The van der Waals surface area contributed by atoms with Crippen LogP contribution >= 0.6 is 11.6 Å². The fourth-order valence-corrected chi connectivity index (χ4v) is 3.25. The summed E-state index contributed by atoms with van der Waals surface area (Å²) in [6.07, 6.45) is -2.18. The van der Waals surface area contributed by atoms with Gasteiger partial charge >= 0.3 is 6.18 Å². The zero-order valence-electron chi connectivity index (χ0n) is 14.7. The Kier molecular flexibility index (Phi) is 5.88. The lowest BCUT2D eigenvalue weighted by Gasteiger charge is -2.32. The number of hydrogen-bond donors (Lipinski definition) is 1. The van der Waals surface area contributed by atoms with E-state index in [1.165, 1.54) is 23.2 Å². The average molecular weight is 412 g/mol. The number of pyridine rings is 1. The van der Waals surface area contributed by atoms with Gasteiger partial charge in [-0.2, -0.15) is 13.2 Å². The van der Waals surface area contributed by atoms with Crippen LogP contribution in [0.1, 0.15) is 28.8 Å². The minimum Gasteiger partial charge on any atom is -0.338 e. The van der Waals surface area contributed by atoms with Crippen molar-refractivity contribution in [3.63, 3.8) is 0 Å². The number of hydrogen-bond acceptors (Lipinski definition) is 3. The molecule has 3 rings (SSSR count). The maximum absolute atomic E-state index is 13.2. The summed E-state index contributed by atoms with van der Waals surface area (Å²) in [5.74, 6) is -1.28. The fraction of sp³-hybridized carbons (Fsp3) is 0.316. The summed E-state index contributed by atoms with van der Waals surface area (Å²) < 4.78 is 39.6. The molecule has 2 amide bonds. The van der Waals surface area contributed by atoms with Crippen molar-refractivity contribution in [1.29, 1.82) is 0 Å². The third-order valence-corrected chi connectivity index (χ3v) is 4.74. The van der Waals surface area contributed by atoms with E-state index in [1.54, 1.807) is 12.1 Å². The molecule has 1 aromatic carbocycles. The van der Waals surface area contributed by atoms with Gasteiger partial charge in [-0.15, -0.1) is 0 Å². The summed E-state index contributed by atoms with van der Waals surface area (Å²) in [7, 11) is 0. The quantitative estimate of drug-likeness (QED) is 0.821. The molecule has 0 saturated carbocycles. The van der Waals surface area contributed by atoms with Gasteiger partial charge in [0.1, 0.15) is 5.82 Å². The summed E-state index contributed by atoms with van der Waals surface area (Å²) in [5.41, 5.74) is -1.38. The molecule has 1 atom stereocenters. The van der Waals surface area contributed by atoms with Crippen molar-refractivity contribution in [2.24, 2.45) is 5.92 Å². The molecular weight excluding hydrogens is 395 g/mol. The van der Waals surface area contributed by atoms with Crippen LogP contribution < -0.4 is 5.32 Å². The normalized spacial score (nSPS) is 17.3. The first-order valence-electron chi connectivity index (χ1n) is 8.63. The number of carbonyl (C=O) groups is 2. The summed E-state index contributed by atoms with van der Waals surface area (Å²) >= 11 is 5.75. The number of halogens is 4. The largest absolute Gasteiger partial charge is 0.417 e. The number of anilines is 1. The maximum Gasteiger partial charge on any atom is 0.417 e. The predicted molar refractivity (Wildman–Crippen MR) is 97.9 cm³/mol. The number of aromatic nitrogens is 1. The van der Waals surface area contributed by atoms with Crippen molar-refractivity contribution >= 4 is 29.2 Å². The second-order valence-corrected chi connectivity index (χ2v) is 6.92. The van der Waals surface area contributed by atoms with E-state index in [-0.39, 0.29) is 12.5 Å². The minimum atomic E-state index is -4.63. The highest BCUT2D eigenvalue weighted by Crippen LogP contribution is 2.33. The van der Waals surface area contributed by atoms with Crippen LogP contribution in [-0.4, -0.2) is 34.8 Å². The highest BCUT2D eigenvalue weighted by Gasteiger charge is 2.37. The van der Waals surface area contributed by atoms with Gasteiger partial charge in [0.25, 0.3) is 5.91 Å². The molecule has 2 heterocycles. The highest BCUT2D eigenvalue weighted by atomic mass is 35.5. The number of carbonyl (C=O) groups excluding carboxylic acids is 2. The number of nitrogens with one attached hydrogen (secondary N) is 1. The van der Waals surface area contributed by atoms with Crippen molar-refractivity contribution in [3.05, 3.63) is 58.7 Å². The van der Waals surface area contributed by atoms with E-state index in [0.717, 1.165) is 12.1 Å². The van der Waals surface area contributed by atoms with Crippen LogP contribution in [0.15, 0.2) is 42.6 Å². The van der Waals surface area contributed by atoms with Gasteiger partial charge in [0.2, 0.25) is 5.91 Å². The molecule has 0 radical (unpaired) electrons. The Morgan fingerprint density at radius 1 is 1.18 bits per heavy atom. The molecule has 1 aliphatic heterocycles. The molecule has 5 nitrogen and oxygen atoms in total. The van der Waals surface area contributed by atoms with Gasteiger partial charge in [-0.25, -0.2) is 4.98 Å².